The first-order valence-electron chi connectivity index (χ1n) is 8.98. The Morgan fingerprint density at radius 1 is 1.19 bits per heavy atom. The Morgan fingerprint density at radius 2 is 1.85 bits per heavy atom. The summed E-state index contributed by atoms with van der Waals surface area (Å²) in [5, 5.41) is 3.86. The molecule has 0 spiro atoms. The highest BCUT2D eigenvalue weighted by Gasteiger charge is 2.22. The van der Waals surface area contributed by atoms with Crippen LogP contribution in [0.5, 0.6) is 0 Å². The summed E-state index contributed by atoms with van der Waals surface area (Å²) in [6, 6.07) is 7.60. The van der Waals surface area contributed by atoms with Crippen molar-refractivity contribution in [3.8, 4) is 0 Å². The highest BCUT2D eigenvalue weighted by Crippen LogP contribution is 2.17. The lowest BCUT2D eigenvalue weighted by molar-refractivity contribution is -0.0704. The highest BCUT2D eigenvalue weighted by atomic mass is 16.5. The van der Waals surface area contributed by atoms with E-state index in [0.29, 0.717) is 11.3 Å². The summed E-state index contributed by atoms with van der Waals surface area (Å²) in [5.74, 6) is 0.338. The van der Waals surface area contributed by atoms with Crippen LogP contribution in [0.2, 0.25) is 0 Å². The third-order valence-electron chi connectivity index (χ3n) is 4.62. The molecule has 0 unspecified atom stereocenters. The second kappa shape index (κ2) is 8.01. The van der Waals surface area contributed by atoms with Gasteiger partial charge in [-0.2, -0.15) is 0 Å². The third-order valence-corrected chi connectivity index (χ3v) is 4.62. The normalized spacial score (nSPS) is 20.9. The molecule has 6 heteroatoms. The molecule has 2 heterocycles. The average molecular weight is 358 g/mol. The minimum absolute atomic E-state index is 0.172. The Balaban J connectivity index is 1.56. The Morgan fingerprint density at radius 3 is 2.42 bits per heavy atom. The van der Waals surface area contributed by atoms with E-state index in [4.69, 9.17) is 14.0 Å². The molecule has 2 atom stereocenters. The number of carbonyl (C=O) groups excluding carboxylic acids is 1. The van der Waals surface area contributed by atoms with Crippen LogP contribution in [0.1, 0.15) is 46.8 Å². The van der Waals surface area contributed by atoms with Crippen molar-refractivity contribution in [3.63, 3.8) is 0 Å². The fraction of sp³-hybridized carbons (Fsp3) is 0.500. The number of aromatic nitrogens is 1. The van der Waals surface area contributed by atoms with Crippen LogP contribution < -0.4 is 0 Å². The number of carbonyl (C=O) groups is 1. The monoisotopic (exact) mass is 358 g/mol. The molecule has 0 radical (unpaired) electrons. The van der Waals surface area contributed by atoms with E-state index in [1.807, 2.05) is 38.1 Å². The summed E-state index contributed by atoms with van der Waals surface area (Å²) in [7, 11) is 0. The van der Waals surface area contributed by atoms with Crippen molar-refractivity contribution in [2.75, 3.05) is 13.1 Å². The zero-order valence-corrected chi connectivity index (χ0v) is 15.8. The molecule has 1 aromatic heterocycles. The van der Waals surface area contributed by atoms with E-state index in [1.54, 1.807) is 0 Å². The van der Waals surface area contributed by atoms with Crippen molar-refractivity contribution in [1.82, 2.24) is 10.1 Å². The van der Waals surface area contributed by atoms with Crippen molar-refractivity contribution >= 4 is 5.97 Å². The van der Waals surface area contributed by atoms with E-state index in [1.165, 1.54) is 5.56 Å². The molecule has 1 aliphatic rings. The second-order valence-electron chi connectivity index (χ2n) is 7.03. The lowest BCUT2D eigenvalue weighted by atomic mass is 10.1. The highest BCUT2D eigenvalue weighted by molar-refractivity contribution is 5.89. The Bertz CT molecular complexity index is 724. The number of benzene rings is 1. The fourth-order valence-corrected chi connectivity index (χ4v) is 3.35. The molecule has 1 saturated heterocycles. The first-order chi connectivity index (χ1) is 12.4. The van der Waals surface area contributed by atoms with Gasteiger partial charge in [0.15, 0.2) is 0 Å². The van der Waals surface area contributed by atoms with Gasteiger partial charge in [-0.3, -0.25) is 4.90 Å². The first kappa shape index (κ1) is 18.6. The molecule has 0 saturated carbocycles. The number of hydrogen-bond donors (Lipinski definition) is 0. The summed E-state index contributed by atoms with van der Waals surface area (Å²) >= 11 is 0. The van der Waals surface area contributed by atoms with Crippen LogP contribution in [0.15, 0.2) is 28.8 Å². The summed E-state index contributed by atoms with van der Waals surface area (Å²) in [5.41, 5.74) is 3.29. The molecule has 6 nitrogen and oxygen atoms in total. The standard InChI is InChI=1S/C20H26N2O4/c1-13-9-22(10-14(2)25-13)11-17-5-7-18(8-6-17)20(23)24-12-19-15(3)21-26-16(19)4/h5-8,13-14H,9-12H2,1-4H3/t13-,14-/m1/s1. The lowest BCUT2D eigenvalue weighted by Crippen LogP contribution is -2.44. The molecule has 140 valence electrons. The molecule has 3 rings (SSSR count). The van der Waals surface area contributed by atoms with E-state index >= 15 is 0 Å². The summed E-state index contributed by atoms with van der Waals surface area (Å²) in [6.07, 6.45) is 0.495. The average Bonchev–Trinajstić information content (AvgIpc) is 2.91. The van der Waals surface area contributed by atoms with Gasteiger partial charge in [0.25, 0.3) is 0 Å². The molecular formula is C20H26N2O4. The molecule has 2 aromatic rings. The molecule has 0 N–H and O–H groups in total. The maximum absolute atomic E-state index is 12.2. The number of aryl methyl sites for hydroxylation is 2. The smallest absolute Gasteiger partial charge is 0.338 e. The molecule has 1 aromatic carbocycles. The van der Waals surface area contributed by atoms with Crippen molar-refractivity contribution < 1.29 is 18.8 Å². The van der Waals surface area contributed by atoms with Crippen LogP contribution in [-0.4, -0.2) is 41.3 Å². The molecule has 0 aliphatic carbocycles. The Kier molecular flexibility index (Phi) is 5.74. The van der Waals surface area contributed by atoms with Crippen LogP contribution >= 0.6 is 0 Å². The van der Waals surface area contributed by atoms with E-state index in [9.17, 15) is 4.79 Å². The fourth-order valence-electron chi connectivity index (χ4n) is 3.35. The van der Waals surface area contributed by atoms with Gasteiger partial charge in [0.2, 0.25) is 0 Å². The number of esters is 1. The van der Waals surface area contributed by atoms with Gasteiger partial charge in [-0.15, -0.1) is 0 Å². The van der Waals surface area contributed by atoms with Crippen molar-refractivity contribution in [1.29, 1.82) is 0 Å². The Hall–Kier alpha value is -2.18. The SMILES string of the molecule is Cc1noc(C)c1COC(=O)c1ccc(CN2C[C@@H](C)O[C@H](C)C2)cc1. The van der Waals surface area contributed by atoms with Crippen LogP contribution in [0, 0.1) is 13.8 Å². The van der Waals surface area contributed by atoms with Crippen molar-refractivity contribution in [2.45, 2.75) is 53.1 Å². The second-order valence-corrected chi connectivity index (χ2v) is 7.03. The number of nitrogens with zero attached hydrogens (tertiary/aromatic N) is 2. The quantitative estimate of drug-likeness (QED) is 0.765. The number of rotatable bonds is 5. The summed E-state index contributed by atoms with van der Waals surface area (Å²) in [4.78, 5) is 14.6. The molecule has 26 heavy (non-hydrogen) atoms. The zero-order chi connectivity index (χ0) is 18.7. The third kappa shape index (κ3) is 4.51. The maximum atomic E-state index is 12.2. The van der Waals surface area contributed by atoms with Gasteiger partial charge in [0, 0.05) is 19.6 Å². The zero-order valence-electron chi connectivity index (χ0n) is 15.8. The first-order valence-corrected chi connectivity index (χ1v) is 8.98. The van der Waals surface area contributed by atoms with Gasteiger partial charge in [0.1, 0.15) is 12.4 Å². The number of hydrogen-bond acceptors (Lipinski definition) is 6. The molecule has 0 bridgehead atoms. The lowest BCUT2D eigenvalue weighted by Gasteiger charge is -2.35. The molecule has 1 fully saturated rings. The maximum Gasteiger partial charge on any atom is 0.338 e. The Labute approximate surface area is 154 Å². The largest absolute Gasteiger partial charge is 0.457 e. The van der Waals surface area contributed by atoms with E-state index in [2.05, 4.69) is 23.9 Å². The summed E-state index contributed by atoms with van der Waals surface area (Å²) < 4.78 is 16.2. The van der Waals surface area contributed by atoms with Gasteiger partial charge in [0.05, 0.1) is 29.0 Å². The van der Waals surface area contributed by atoms with Gasteiger partial charge < -0.3 is 14.0 Å². The molecular weight excluding hydrogens is 332 g/mol. The summed E-state index contributed by atoms with van der Waals surface area (Å²) in [6.45, 7) is 10.7. The number of ether oxygens (including phenoxy) is 2. The van der Waals surface area contributed by atoms with E-state index < -0.39 is 0 Å². The molecule has 1 aliphatic heterocycles. The van der Waals surface area contributed by atoms with Gasteiger partial charge >= 0.3 is 5.97 Å². The van der Waals surface area contributed by atoms with Crippen molar-refractivity contribution in [2.24, 2.45) is 0 Å². The van der Waals surface area contributed by atoms with Crippen LogP contribution in [-0.2, 0) is 22.6 Å². The van der Waals surface area contributed by atoms with Crippen LogP contribution in [0.25, 0.3) is 0 Å². The van der Waals surface area contributed by atoms with Gasteiger partial charge in [-0.05, 0) is 45.4 Å². The predicted molar refractivity (Wildman–Crippen MR) is 96.8 cm³/mol. The predicted octanol–water partition coefficient (Wildman–Crippen LogP) is 3.26. The van der Waals surface area contributed by atoms with Gasteiger partial charge in [-0.25, -0.2) is 4.79 Å². The van der Waals surface area contributed by atoms with Crippen molar-refractivity contribution in [3.05, 3.63) is 52.4 Å². The minimum Gasteiger partial charge on any atom is -0.457 e. The minimum atomic E-state index is -0.342. The van der Waals surface area contributed by atoms with Crippen LogP contribution in [0.3, 0.4) is 0 Å². The van der Waals surface area contributed by atoms with E-state index in [-0.39, 0.29) is 24.8 Å². The topological polar surface area (TPSA) is 64.8 Å². The van der Waals surface area contributed by atoms with Crippen LogP contribution in [0.4, 0.5) is 0 Å². The number of morpholine rings is 1. The van der Waals surface area contributed by atoms with Gasteiger partial charge in [-0.1, -0.05) is 17.3 Å². The van der Waals surface area contributed by atoms with E-state index in [0.717, 1.165) is 30.9 Å². The molecule has 0 amide bonds.